The van der Waals surface area contributed by atoms with Gasteiger partial charge in [-0.1, -0.05) is 0 Å². The molecule has 0 aliphatic carbocycles. The fourth-order valence-electron chi connectivity index (χ4n) is 3.18. The number of carbonyl (C=O) groups excluding carboxylic acids is 1. The van der Waals surface area contributed by atoms with E-state index in [2.05, 4.69) is 9.97 Å². The van der Waals surface area contributed by atoms with Gasteiger partial charge in [0.05, 0.1) is 10.4 Å². The van der Waals surface area contributed by atoms with Crippen molar-refractivity contribution in [2.24, 2.45) is 0 Å². The number of Topliss-reactive ketones (excluding diaryl/α,β-unsaturated/α-hetero) is 1. The molecule has 0 atom stereocenters. The number of nitrogens with one attached hydrogen (secondary N) is 2. The van der Waals surface area contributed by atoms with Crippen molar-refractivity contribution in [1.29, 1.82) is 0 Å². The number of hydrogen-bond donors (Lipinski definition) is 2. The van der Waals surface area contributed by atoms with Crippen molar-refractivity contribution in [2.45, 2.75) is 13.3 Å². The van der Waals surface area contributed by atoms with Crippen molar-refractivity contribution in [3.05, 3.63) is 75.6 Å². The first-order valence-electron chi connectivity index (χ1n) is 7.88. The number of nitro benzene ring substituents is 1. The van der Waals surface area contributed by atoms with E-state index in [9.17, 15) is 14.9 Å². The first-order valence-corrected chi connectivity index (χ1v) is 7.88. The lowest BCUT2D eigenvalue weighted by Gasteiger charge is -2.01. The fraction of sp³-hybridized carbons (Fsp3) is 0.105. The summed E-state index contributed by atoms with van der Waals surface area (Å²) in [5, 5.41) is 12.9. The molecule has 6 heteroatoms. The van der Waals surface area contributed by atoms with Crippen LogP contribution in [-0.2, 0) is 6.42 Å². The number of fused-ring (bicyclic) bond motifs is 2. The van der Waals surface area contributed by atoms with Gasteiger partial charge in [0.1, 0.15) is 0 Å². The third kappa shape index (κ3) is 2.57. The monoisotopic (exact) mass is 333 g/mol. The lowest BCUT2D eigenvalue weighted by Crippen LogP contribution is -1.92. The molecule has 0 bridgehead atoms. The lowest BCUT2D eigenvalue weighted by atomic mass is 10.0. The van der Waals surface area contributed by atoms with Gasteiger partial charge in [-0.05, 0) is 42.3 Å². The average molecular weight is 333 g/mol. The number of benzene rings is 2. The van der Waals surface area contributed by atoms with Gasteiger partial charge < -0.3 is 9.97 Å². The molecule has 0 spiro atoms. The number of rotatable bonds is 4. The van der Waals surface area contributed by atoms with E-state index >= 15 is 0 Å². The Hall–Kier alpha value is -3.41. The molecule has 25 heavy (non-hydrogen) atoms. The van der Waals surface area contributed by atoms with Gasteiger partial charge in [-0.3, -0.25) is 14.9 Å². The Morgan fingerprint density at radius 3 is 2.44 bits per heavy atom. The zero-order valence-corrected chi connectivity index (χ0v) is 13.5. The van der Waals surface area contributed by atoms with E-state index < -0.39 is 4.92 Å². The van der Waals surface area contributed by atoms with E-state index in [0.29, 0.717) is 12.0 Å². The van der Waals surface area contributed by atoms with Crippen LogP contribution in [0.4, 0.5) is 5.69 Å². The smallest absolute Gasteiger partial charge is 0.271 e. The number of non-ortho nitro benzene ring substituents is 1. The van der Waals surface area contributed by atoms with Gasteiger partial charge in [-0.15, -0.1) is 0 Å². The van der Waals surface area contributed by atoms with Crippen LogP contribution in [0.5, 0.6) is 0 Å². The number of aromatic amines is 2. The van der Waals surface area contributed by atoms with Crippen molar-refractivity contribution in [3.63, 3.8) is 0 Å². The van der Waals surface area contributed by atoms with Crippen molar-refractivity contribution < 1.29 is 9.72 Å². The second kappa shape index (κ2) is 5.59. The summed E-state index contributed by atoms with van der Waals surface area (Å²) < 4.78 is 0. The summed E-state index contributed by atoms with van der Waals surface area (Å²) in [6.07, 6.45) is 4.49. The molecule has 2 aromatic carbocycles. The standard InChI is InChI=1S/C19H15N3O3/c1-11(23)12-2-5-18-17(7-12)14(10-20-18)6-13-9-21-19-8-15(22(24)25)3-4-16(13)19/h2-5,7-10,20-21H,6H2,1H3. The van der Waals surface area contributed by atoms with Crippen LogP contribution in [0.25, 0.3) is 21.8 Å². The Labute approximate surface area is 142 Å². The normalized spacial score (nSPS) is 11.2. The maximum atomic E-state index is 11.6. The second-order valence-electron chi connectivity index (χ2n) is 6.11. The highest BCUT2D eigenvalue weighted by Crippen LogP contribution is 2.28. The predicted molar refractivity (Wildman–Crippen MR) is 96.1 cm³/mol. The van der Waals surface area contributed by atoms with Gasteiger partial charge in [0, 0.05) is 52.8 Å². The molecule has 0 amide bonds. The average Bonchev–Trinajstić information content (AvgIpc) is 3.19. The molecule has 0 unspecified atom stereocenters. The maximum Gasteiger partial charge on any atom is 0.271 e. The third-order valence-corrected chi connectivity index (χ3v) is 4.52. The zero-order valence-electron chi connectivity index (χ0n) is 13.5. The molecule has 2 heterocycles. The Balaban J connectivity index is 1.76. The van der Waals surface area contributed by atoms with E-state index in [1.165, 1.54) is 6.07 Å². The molecular weight excluding hydrogens is 318 g/mol. The summed E-state index contributed by atoms with van der Waals surface area (Å²) in [5.41, 5.74) is 4.61. The topological polar surface area (TPSA) is 91.8 Å². The zero-order chi connectivity index (χ0) is 17.6. The number of nitro groups is 1. The summed E-state index contributed by atoms with van der Waals surface area (Å²) in [4.78, 5) is 28.5. The van der Waals surface area contributed by atoms with Gasteiger partial charge in [0.25, 0.3) is 5.69 Å². The Bertz CT molecular complexity index is 1140. The molecule has 4 aromatic rings. The first-order chi connectivity index (χ1) is 12.0. The summed E-state index contributed by atoms with van der Waals surface area (Å²) in [6, 6.07) is 10.5. The summed E-state index contributed by atoms with van der Waals surface area (Å²) in [7, 11) is 0. The number of H-pyrrole nitrogens is 2. The quantitative estimate of drug-likeness (QED) is 0.330. The molecule has 4 rings (SSSR count). The van der Waals surface area contributed by atoms with Crippen LogP contribution in [0.3, 0.4) is 0 Å². The third-order valence-electron chi connectivity index (χ3n) is 4.52. The fourth-order valence-corrected chi connectivity index (χ4v) is 3.18. The molecule has 2 N–H and O–H groups in total. The van der Waals surface area contributed by atoms with Crippen LogP contribution >= 0.6 is 0 Å². The number of nitrogens with zero attached hydrogens (tertiary/aromatic N) is 1. The van der Waals surface area contributed by atoms with Crippen molar-refractivity contribution in [3.8, 4) is 0 Å². The molecule has 0 aliphatic heterocycles. The highest BCUT2D eigenvalue weighted by atomic mass is 16.6. The van der Waals surface area contributed by atoms with Crippen LogP contribution in [0.15, 0.2) is 48.8 Å². The second-order valence-corrected chi connectivity index (χ2v) is 6.11. The highest BCUT2D eigenvalue weighted by Gasteiger charge is 2.13. The van der Waals surface area contributed by atoms with Crippen molar-refractivity contribution >= 4 is 33.3 Å². The van der Waals surface area contributed by atoms with Gasteiger partial charge in [0.2, 0.25) is 0 Å². The molecule has 0 saturated carbocycles. The van der Waals surface area contributed by atoms with Gasteiger partial charge >= 0.3 is 0 Å². The van der Waals surface area contributed by atoms with Crippen LogP contribution < -0.4 is 0 Å². The minimum atomic E-state index is -0.400. The molecule has 0 saturated heterocycles. The highest BCUT2D eigenvalue weighted by molar-refractivity contribution is 5.99. The van der Waals surface area contributed by atoms with Crippen molar-refractivity contribution in [1.82, 2.24) is 9.97 Å². The predicted octanol–water partition coefficient (Wildman–Crippen LogP) is 4.35. The van der Waals surface area contributed by atoms with E-state index in [-0.39, 0.29) is 11.5 Å². The number of hydrogen-bond acceptors (Lipinski definition) is 3. The van der Waals surface area contributed by atoms with Gasteiger partial charge in [0.15, 0.2) is 5.78 Å². The SMILES string of the molecule is CC(=O)c1ccc2[nH]cc(Cc3c[nH]c4cc([N+](=O)[O-])ccc34)c2c1. The van der Waals surface area contributed by atoms with Gasteiger partial charge in [-0.2, -0.15) is 0 Å². The van der Waals surface area contributed by atoms with E-state index in [4.69, 9.17) is 0 Å². The lowest BCUT2D eigenvalue weighted by molar-refractivity contribution is -0.384. The number of carbonyl (C=O) groups is 1. The Morgan fingerprint density at radius 1 is 1.00 bits per heavy atom. The van der Waals surface area contributed by atoms with E-state index in [1.54, 1.807) is 19.1 Å². The van der Waals surface area contributed by atoms with Gasteiger partial charge in [-0.25, -0.2) is 0 Å². The minimum absolute atomic E-state index is 0.0356. The molecular formula is C19H15N3O3. The maximum absolute atomic E-state index is 11.6. The summed E-state index contributed by atoms with van der Waals surface area (Å²) in [6.45, 7) is 1.56. The van der Waals surface area contributed by atoms with E-state index in [1.807, 2.05) is 30.6 Å². The van der Waals surface area contributed by atoms with Crippen LogP contribution in [0.2, 0.25) is 0 Å². The van der Waals surface area contributed by atoms with Crippen LogP contribution in [0, 0.1) is 10.1 Å². The van der Waals surface area contributed by atoms with Crippen molar-refractivity contribution in [2.75, 3.05) is 0 Å². The molecule has 6 nitrogen and oxygen atoms in total. The molecule has 0 fully saturated rings. The molecule has 0 aliphatic rings. The van der Waals surface area contributed by atoms with Crippen LogP contribution in [0.1, 0.15) is 28.4 Å². The first kappa shape index (κ1) is 15.1. The molecule has 124 valence electrons. The number of aromatic nitrogens is 2. The summed E-state index contributed by atoms with van der Waals surface area (Å²) >= 11 is 0. The van der Waals surface area contributed by atoms with E-state index in [0.717, 1.165) is 32.9 Å². The van der Waals surface area contributed by atoms with Crippen LogP contribution in [-0.4, -0.2) is 20.7 Å². The molecule has 2 aromatic heterocycles. The largest absolute Gasteiger partial charge is 0.361 e. The Morgan fingerprint density at radius 2 is 1.72 bits per heavy atom. The molecule has 0 radical (unpaired) electrons. The minimum Gasteiger partial charge on any atom is -0.361 e. The summed E-state index contributed by atoms with van der Waals surface area (Å²) in [5.74, 6) is 0.0356. The number of ketones is 1. The Kier molecular flexibility index (Phi) is 3.39.